The number of hydrogen-bond donors (Lipinski definition) is 1. The zero-order valence-corrected chi connectivity index (χ0v) is 12.9. The van der Waals surface area contributed by atoms with Crippen LogP contribution < -0.4 is 10.1 Å². The van der Waals surface area contributed by atoms with Crippen molar-refractivity contribution in [3.8, 4) is 5.75 Å². The molecule has 0 heterocycles. The first-order valence-corrected chi connectivity index (χ1v) is 7.65. The number of hydrogen-bond acceptors (Lipinski definition) is 3. The van der Waals surface area contributed by atoms with Gasteiger partial charge in [0.15, 0.2) is 0 Å². The highest BCUT2D eigenvalue weighted by Crippen LogP contribution is 2.21. The predicted octanol–water partition coefficient (Wildman–Crippen LogP) is 3.31. The van der Waals surface area contributed by atoms with Gasteiger partial charge in [-0.2, -0.15) is 0 Å². The molecule has 1 N–H and O–H groups in total. The summed E-state index contributed by atoms with van der Waals surface area (Å²) in [7, 11) is 1.82. The highest BCUT2D eigenvalue weighted by atomic mass is 16.5. The van der Waals surface area contributed by atoms with Crippen LogP contribution in [0.5, 0.6) is 5.75 Å². The van der Waals surface area contributed by atoms with E-state index in [4.69, 9.17) is 9.47 Å². The Bertz CT molecular complexity index is 390. The molecule has 1 fully saturated rings. The van der Waals surface area contributed by atoms with Gasteiger partial charge in [-0.3, -0.25) is 0 Å². The van der Waals surface area contributed by atoms with Crippen molar-refractivity contribution in [3.63, 3.8) is 0 Å². The van der Waals surface area contributed by atoms with E-state index in [1.54, 1.807) is 0 Å². The van der Waals surface area contributed by atoms with Gasteiger partial charge < -0.3 is 14.8 Å². The van der Waals surface area contributed by atoms with Crippen molar-refractivity contribution in [3.05, 3.63) is 29.8 Å². The van der Waals surface area contributed by atoms with Crippen molar-refractivity contribution in [1.29, 1.82) is 0 Å². The minimum absolute atomic E-state index is 0.358. The Morgan fingerprint density at radius 3 is 2.70 bits per heavy atom. The molecule has 1 aromatic carbocycles. The summed E-state index contributed by atoms with van der Waals surface area (Å²) in [4.78, 5) is 0. The van der Waals surface area contributed by atoms with Gasteiger partial charge in [0.05, 0.1) is 6.10 Å². The molecule has 3 atom stereocenters. The molecule has 3 unspecified atom stereocenters. The van der Waals surface area contributed by atoms with Crippen molar-refractivity contribution >= 4 is 0 Å². The van der Waals surface area contributed by atoms with E-state index < -0.39 is 0 Å². The molecule has 3 nitrogen and oxygen atoms in total. The van der Waals surface area contributed by atoms with Crippen molar-refractivity contribution in [2.75, 3.05) is 13.7 Å². The van der Waals surface area contributed by atoms with Crippen LogP contribution >= 0.6 is 0 Å². The standard InChI is InChI=1S/C17H27NO2/c1-13-7-9-16(10-8-13)20-12-14(2)18-15-5-4-6-17(11-15)19-3/h7-10,14-15,17-18H,4-6,11-12H2,1-3H3. The van der Waals surface area contributed by atoms with E-state index in [1.807, 2.05) is 19.2 Å². The maximum Gasteiger partial charge on any atom is 0.119 e. The van der Waals surface area contributed by atoms with Gasteiger partial charge >= 0.3 is 0 Å². The van der Waals surface area contributed by atoms with Crippen LogP contribution in [0.2, 0.25) is 0 Å². The Morgan fingerprint density at radius 1 is 1.25 bits per heavy atom. The second kappa shape index (κ2) is 7.65. The molecule has 1 aliphatic carbocycles. The number of aryl methyl sites for hydroxylation is 1. The zero-order chi connectivity index (χ0) is 14.4. The highest BCUT2D eigenvalue weighted by Gasteiger charge is 2.22. The Labute approximate surface area is 122 Å². The van der Waals surface area contributed by atoms with E-state index in [1.165, 1.54) is 24.8 Å². The van der Waals surface area contributed by atoms with Crippen LogP contribution in [0.1, 0.15) is 38.2 Å². The minimum Gasteiger partial charge on any atom is -0.492 e. The first kappa shape index (κ1) is 15.3. The van der Waals surface area contributed by atoms with Crippen LogP contribution in [-0.2, 0) is 4.74 Å². The van der Waals surface area contributed by atoms with Gasteiger partial charge in [0, 0.05) is 19.2 Å². The summed E-state index contributed by atoms with van der Waals surface area (Å²) in [6.07, 6.45) is 5.23. The average Bonchev–Trinajstić information content (AvgIpc) is 2.47. The number of methoxy groups -OCH3 is 1. The van der Waals surface area contributed by atoms with Gasteiger partial charge in [-0.25, -0.2) is 0 Å². The van der Waals surface area contributed by atoms with Crippen molar-refractivity contribution < 1.29 is 9.47 Å². The van der Waals surface area contributed by atoms with Gasteiger partial charge in [-0.1, -0.05) is 17.7 Å². The monoisotopic (exact) mass is 277 g/mol. The summed E-state index contributed by atoms with van der Waals surface area (Å²) >= 11 is 0. The Morgan fingerprint density at radius 2 is 2.00 bits per heavy atom. The molecule has 20 heavy (non-hydrogen) atoms. The minimum atomic E-state index is 0.358. The first-order chi connectivity index (χ1) is 9.67. The molecule has 3 heteroatoms. The van der Waals surface area contributed by atoms with Crippen LogP contribution in [0.4, 0.5) is 0 Å². The normalized spacial score (nSPS) is 24.4. The molecule has 0 bridgehead atoms. The Hall–Kier alpha value is -1.06. The molecule has 0 saturated heterocycles. The molecule has 1 aromatic rings. The van der Waals surface area contributed by atoms with E-state index in [2.05, 4.69) is 31.3 Å². The summed E-state index contributed by atoms with van der Waals surface area (Å²) in [5.74, 6) is 0.947. The molecular weight excluding hydrogens is 250 g/mol. The van der Waals surface area contributed by atoms with E-state index in [0.29, 0.717) is 24.8 Å². The number of nitrogens with one attached hydrogen (secondary N) is 1. The Balaban J connectivity index is 1.72. The predicted molar refractivity (Wildman–Crippen MR) is 82.3 cm³/mol. The van der Waals surface area contributed by atoms with E-state index in [-0.39, 0.29) is 0 Å². The molecule has 0 aliphatic heterocycles. The maximum absolute atomic E-state index is 5.82. The van der Waals surface area contributed by atoms with Crippen LogP contribution in [0.15, 0.2) is 24.3 Å². The lowest BCUT2D eigenvalue weighted by atomic mass is 9.92. The lowest BCUT2D eigenvalue weighted by Crippen LogP contribution is -2.43. The molecule has 1 saturated carbocycles. The fourth-order valence-corrected chi connectivity index (χ4v) is 2.82. The van der Waals surface area contributed by atoms with E-state index >= 15 is 0 Å². The Kier molecular flexibility index (Phi) is 5.86. The van der Waals surface area contributed by atoms with E-state index in [0.717, 1.165) is 12.2 Å². The van der Waals surface area contributed by atoms with Crippen molar-refractivity contribution in [2.45, 2.75) is 57.7 Å². The van der Waals surface area contributed by atoms with Crippen molar-refractivity contribution in [2.24, 2.45) is 0 Å². The summed E-state index contributed by atoms with van der Waals surface area (Å²) < 4.78 is 11.3. The van der Waals surface area contributed by atoms with Gasteiger partial charge in [-0.15, -0.1) is 0 Å². The van der Waals surface area contributed by atoms with Crippen LogP contribution in [-0.4, -0.2) is 31.9 Å². The summed E-state index contributed by atoms with van der Waals surface area (Å²) in [6.45, 7) is 4.98. The fraction of sp³-hybridized carbons (Fsp3) is 0.647. The fourth-order valence-electron chi connectivity index (χ4n) is 2.82. The topological polar surface area (TPSA) is 30.5 Å². The number of benzene rings is 1. The molecule has 0 radical (unpaired) electrons. The van der Waals surface area contributed by atoms with Crippen molar-refractivity contribution in [1.82, 2.24) is 5.32 Å². The molecule has 1 aliphatic rings. The third-order valence-electron chi connectivity index (χ3n) is 4.00. The van der Waals surface area contributed by atoms with Crippen LogP contribution in [0.25, 0.3) is 0 Å². The molecule has 2 rings (SSSR count). The third kappa shape index (κ3) is 4.80. The van der Waals surface area contributed by atoms with E-state index in [9.17, 15) is 0 Å². The first-order valence-electron chi connectivity index (χ1n) is 7.65. The zero-order valence-electron chi connectivity index (χ0n) is 12.9. The molecule has 112 valence electrons. The van der Waals surface area contributed by atoms with Gasteiger partial charge in [0.1, 0.15) is 12.4 Å². The van der Waals surface area contributed by atoms with Gasteiger partial charge in [0.25, 0.3) is 0 Å². The third-order valence-corrected chi connectivity index (χ3v) is 4.00. The summed E-state index contributed by atoms with van der Waals surface area (Å²) in [5.41, 5.74) is 1.26. The largest absolute Gasteiger partial charge is 0.492 e. The summed E-state index contributed by atoms with van der Waals surface area (Å²) in [5, 5.41) is 3.66. The highest BCUT2D eigenvalue weighted by molar-refractivity contribution is 5.26. The second-order valence-corrected chi connectivity index (χ2v) is 5.91. The lowest BCUT2D eigenvalue weighted by molar-refractivity contribution is 0.0560. The van der Waals surface area contributed by atoms with Gasteiger partial charge in [-0.05, 0) is 51.7 Å². The molecule has 0 amide bonds. The molecule has 0 aromatic heterocycles. The molecular formula is C17H27NO2. The maximum atomic E-state index is 5.82. The SMILES string of the molecule is COC1CCCC(NC(C)COc2ccc(C)cc2)C1. The number of ether oxygens (including phenoxy) is 2. The lowest BCUT2D eigenvalue weighted by Gasteiger charge is -2.31. The number of rotatable bonds is 6. The summed E-state index contributed by atoms with van der Waals surface area (Å²) in [6, 6.07) is 9.14. The molecule has 0 spiro atoms. The quantitative estimate of drug-likeness (QED) is 0.865. The van der Waals surface area contributed by atoms with Crippen LogP contribution in [0.3, 0.4) is 0 Å². The van der Waals surface area contributed by atoms with Crippen LogP contribution in [0, 0.1) is 6.92 Å². The smallest absolute Gasteiger partial charge is 0.119 e. The van der Waals surface area contributed by atoms with Gasteiger partial charge in [0.2, 0.25) is 0 Å². The second-order valence-electron chi connectivity index (χ2n) is 5.91. The average molecular weight is 277 g/mol.